The zero-order valence-electron chi connectivity index (χ0n) is 11.3. The van der Waals surface area contributed by atoms with Gasteiger partial charge in [-0.2, -0.15) is 0 Å². The summed E-state index contributed by atoms with van der Waals surface area (Å²) in [6, 6.07) is 0. The molecule has 0 atom stereocenters. The van der Waals surface area contributed by atoms with E-state index in [2.05, 4.69) is 38.0 Å². The molecule has 0 unspecified atom stereocenters. The van der Waals surface area contributed by atoms with Gasteiger partial charge in [-0.25, -0.2) is 0 Å². The Bertz CT molecular complexity index is 107. The third kappa shape index (κ3) is 537. The van der Waals surface area contributed by atoms with Gasteiger partial charge in [0, 0.05) is 6.20 Å². The van der Waals surface area contributed by atoms with Crippen LogP contribution in [-0.2, 0) is 0 Å². The highest BCUT2D eigenvalue weighted by Crippen LogP contribution is 1.64. The first-order valence-electron chi connectivity index (χ1n) is 5.13. The van der Waals surface area contributed by atoms with E-state index in [-0.39, 0.29) is 0 Å². The molecule has 0 amide bonds. The lowest BCUT2D eigenvalue weighted by molar-refractivity contribution is 1.50. The van der Waals surface area contributed by atoms with Crippen LogP contribution in [0.2, 0.25) is 0 Å². The minimum Gasteiger partial charge on any atom is -0.273 e. The number of aliphatic imine (C=N–C) groups is 1. The van der Waals surface area contributed by atoms with Crippen molar-refractivity contribution in [2.24, 2.45) is 4.99 Å². The number of allylic oxidation sites excluding steroid dienone is 3. The Morgan fingerprint density at radius 2 is 1.20 bits per heavy atom. The maximum Gasteiger partial charge on any atom is 0.0188 e. The van der Waals surface area contributed by atoms with Crippen molar-refractivity contribution >= 4 is 6.72 Å². The smallest absolute Gasteiger partial charge is 0.0188 e. The highest BCUT2D eigenvalue weighted by Gasteiger charge is 1.42. The molecule has 0 fully saturated rings. The molecule has 0 aliphatic rings. The molecule has 0 aliphatic carbocycles. The van der Waals surface area contributed by atoms with E-state index in [0.717, 1.165) is 0 Å². The SMILES string of the molecule is C=C.C=C/C=C\C.C=CN=C.CC.CC. The molecule has 0 aliphatic heterocycles. The van der Waals surface area contributed by atoms with E-state index in [0.29, 0.717) is 0 Å². The fourth-order valence-corrected chi connectivity index (χ4v) is 0.136. The van der Waals surface area contributed by atoms with Crippen LogP contribution in [0.4, 0.5) is 0 Å². The Morgan fingerprint density at radius 3 is 1.20 bits per heavy atom. The number of rotatable bonds is 2. The molecule has 0 aromatic heterocycles. The van der Waals surface area contributed by atoms with E-state index in [9.17, 15) is 0 Å². The number of hydrogen-bond donors (Lipinski definition) is 0. The van der Waals surface area contributed by atoms with Gasteiger partial charge in [-0.1, -0.05) is 59.1 Å². The highest BCUT2D eigenvalue weighted by atomic mass is 14.6. The summed E-state index contributed by atoms with van der Waals surface area (Å²) < 4.78 is 0. The van der Waals surface area contributed by atoms with Crippen LogP contribution in [-0.4, -0.2) is 6.72 Å². The Hall–Kier alpha value is -1.37. The van der Waals surface area contributed by atoms with Crippen LogP contribution in [0.15, 0.2) is 55.7 Å². The summed E-state index contributed by atoms with van der Waals surface area (Å²) in [4.78, 5) is 3.25. The van der Waals surface area contributed by atoms with Crippen molar-refractivity contribution in [3.8, 4) is 0 Å². The van der Waals surface area contributed by atoms with Gasteiger partial charge in [0.1, 0.15) is 0 Å². The van der Waals surface area contributed by atoms with Gasteiger partial charge >= 0.3 is 0 Å². The normalized spacial score (nSPS) is 5.40. The largest absolute Gasteiger partial charge is 0.273 e. The van der Waals surface area contributed by atoms with Gasteiger partial charge < -0.3 is 0 Å². The molecule has 1 heteroatoms. The molecular weight excluding hydrogens is 182 g/mol. The lowest BCUT2D eigenvalue weighted by atomic mass is 10.5. The Labute approximate surface area is 97.6 Å². The maximum absolute atomic E-state index is 3.46. The molecule has 0 aromatic carbocycles. The summed E-state index contributed by atoms with van der Waals surface area (Å²) in [6.45, 7) is 25.8. The average molecular weight is 211 g/mol. The summed E-state index contributed by atoms with van der Waals surface area (Å²) in [5.41, 5.74) is 0. The second-order valence-corrected chi connectivity index (χ2v) is 1.13. The minimum absolute atomic E-state index is 1.39. The van der Waals surface area contributed by atoms with Gasteiger partial charge in [-0.15, -0.1) is 13.2 Å². The van der Waals surface area contributed by atoms with E-state index in [1.54, 1.807) is 6.08 Å². The van der Waals surface area contributed by atoms with E-state index in [1.807, 2.05) is 46.8 Å². The summed E-state index contributed by atoms with van der Waals surface area (Å²) in [5, 5.41) is 0. The molecule has 0 spiro atoms. The van der Waals surface area contributed by atoms with Crippen molar-refractivity contribution in [1.82, 2.24) is 0 Å². The molecular formula is C14H29N. The molecule has 0 rings (SSSR count). The van der Waals surface area contributed by atoms with Gasteiger partial charge in [0.15, 0.2) is 0 Å². The van der Waals surface area contributed by atoms with E-state index >= 15 is 0 Å². The molecule has 0 saturated carbocycles. The molecule has 0 aromatic rings. The van der Waals surface area contributed by atoms with Gasteiger partial charge in [-0.3, -0.25) is 4.99 Å². The molecule has 0 heterocycles. The molecule has 0 N–H and O–H groups in total. The predicted octanol–water partition coefficient (Wildman–Crippen LogP) is 5.43. The van der Waals surface area contributed by atoms with Gasteiger partial charge in [-0.05, 0) is 13.6 Å². The zero-order chi connectivity index (χ0) is 13.5. The van der Waals surface area contributed by atoms with Crippen molar-refractivity contribution < 1.29 is 0 Å². The van der Waals surface area contributed by atoms with Crippen LogP contribution >= 0.6 is 0 Å². The van der Waals surface area contributed by atoms with Crippen LogP contribution in [0.25, 0.3) is 0 Å². The Balaban J connectivity index is -0.0000000301. The first-order valence-corrected chi connectivity index (χ1v) is 5.13. The Morgan fingerprint density at radius 1 is 0.933 bits per heavy atom. The molecule has 0 bridgehead atoms. The van der Waals surface area contributed by atoms with Crippen molar-refractivity contribution in [1.29, 1.82) is 0 Å². The summed E-state index contributed by atoms with van der Waals surface area (Å²) in [5.74, 6) is 0. The summed E-state index contributed by atoms with van der Waals surface area (Å²) in [6.07, 6.45) is 6.97. The van der Waals surface area contributed by atoms with Crippen LogP contribution in [0.1, 0.15) is 34.6 Å². The molecule has 1 nitrogen and oxygen atoms in total. The standard InChI is InChI=1S/C5H8.C3H5N.2C2H6.C2H4/c1-3-5-4-2;1-3-4-2;3*1-2/h3-5H,1H2,2H3;3H,1-2H2;2*1-2H3;1-2H2/b5-4-;;;;. The van der Waals surface area contributed by atoms with Crippen molar-refractivity contribution in [3.63, 3.8) is 0 Å². The van der Waals surface area contributed by atoms with Crippen molar-refractivity contribution in [2.75, 3.05) is 0 Å². The third-order valence-corrected chi connectivity index (χ3v) is 0.458. The second-order valence-electron chi connectivity index (χ2n) is 1.13. The molecule has 0 radical (unpaired) electrons. The molecule has 90 valence electrons. The topological polar surface area (TPSA) is 12.4 Å². The Kier molecular flexibility index (Phi) is 252. The average Bonchev–Trinajstić information content (AvgIpc) is 2.38. The third-order valence-electron chi connectivity index (χ3n) is 0.458. The zero-order valence-corrected chi connectivity index (χ0v) is 11.3. The van der Waals surface area contributed by atoms with Crippen LogP contribution < -0.4 is 0 Å². The predicted molar refractivity (Wildman–Crippen MR) is 78.7 cm³/mol. The van der Waals surface area contributed by atoms with Crippen LogP contribution in [0, 0.1) is 0 Å². The van der Waals surface area contributed by atoms with Gasteiger partial charge in [0.25, 0.3) is 0 Å². The van der Waals surface area contributed by atoms with E-state index in [4.69, 9.17) is 0 Å². The quantitative estimate of drug-likeness (QED) is 0.328. The van der Waals surface area contributed by atoms with Crippen LogP contribution in [0.5, 0.6) is 0 Å². The van der Waals surface area contributed by atoms with E-state index < -0.39 is 0 Å². The first kappa shape index (κ1) is 29.2. The lowest BCUT2D eigenvalue weighted by Crippen LogP contribution is -1.33. The van der Waals surface area contributed by atoms with Gasteiger partial charge in [0.2, 0.25) is 0 Å². The number of hydrogen-bond acceptors (Lipinski definition) is 1. The van der Waals surface area contributed by atoms with Crippen LogP contribution in [0.3, 0.4) is 0 Å². The lowest BCUT2D eigenvalue weighted by Gasteiger charge is -1.56. The summed E-state index contributed by atoms with van der Waals surface area (Å²) >= 11 is 0. The van der Waals surface area contributed by atoms with Crippen molar-refractivity contribution in [2.45, 2.75) is 34.6 Å². The van der Waals surface area contributed by atoms with Crippen molar-refractivity contribution in [3.05, 3.63) is 50.7 Å². The fraction of sp³-hybridized carbons (Fsp3) is 0.357. The number of nitrogens with zero attached hydrogens (tertiary/aromatic N) is 1. The first-order chi connectivity index (χ1) is 7.33. The summed E-state index contributed by atoms with van der Waals surface area (Å²) in [7, 11) is 0. The minimum atomic E-state index is 1.39. The van der Waals surface area contributed by atoms with E-state index in [1.165, 1.54) is 6.20 Å². The molecule has 15 heavy (non-hydrogen) atoms. The highest BCUT2D eigenvalue weighted by molar-refractivity contribution is 5.24. The second kappa shape index (κ2) is 130. The monoisotopic (exact) mass is 211 g/mol. The van der Waals surface area contributed by atoms with Gasteiger partial charge in [0.05, 0.1) is 0 Å². The molecule has 0 saturated heterocycles. The maximum atomic E-state index is 3.46. The fourth-order valence-electron chi connectivity index (χ4n) is 0.136.